The zero-order chi connectivity index (χ0) is 19.4. The van der Waals surface area contributed by atoms with Crippen LogP contribution in [0.2, 0.25) is 0 Å². The maximum Gasteiger partial charge on any atom is 0.264 e. The molecule has 2 N–H and O–H groups in total. The van der Waals surface area contributed by atoms with Crippen molar-refractivity contribution in [3.63, 3.8) is 0 Å². The highest BCUT2D eigenvalue weighted by atomic mass is 32.2. The number of para-hydroxylation sites is 1. The number of likely N-dealkylation sites (tertiary alicyclic amines) is 1. The normalized spacial score (nSPS) is 15.6. The summed E-state index contributed by atoms with van der Waals surface area (Å²) in [5.74, 6) is 0.418. The number of rotatable bonds is 5. The number of nitrogens with two attached hydrogens (primary N) is 1. The van der Waals surface area contributed by atoms with Crippen LogP contribution < -0.4 is 10.0 Å². The van der Waals surface area contributed by atoms with Crippen LogP contribution in [-0.2, 0) is 10.0 Å². The highest BCUT2D eigenvalue weighted by Crippen LogP contribution is 2.23. The minimum atomic E-state index is -3.68. The highest BCUT2D eigenvalue weighted by molar-refractivity contribution is 7.92. The molecule has 3 rings (SSSR count). The SMILES string of the molecule is CN(c1ccccc1)S(=O)(=O)c1ccc(C(=O)N2CCC(CN)CC2)cc1. The topological polar surface area (TPSA) is 83.7 Å². The van der Waals surface area contributed by atoms with Gasteiger partial charge in [-0.3, -0.25) is 9.10 Å². The number of hydrogen-bond acceptors (Lipinski definition) is 4. The van der Waals surface area contributed by atoms with Crippen LogP contribution in [0.4, 0.5) is 5.69 Å². The first-order chi connectivity index (χ1) is 12.9. The second kappa shape index (κ2) is 8.10. The molecular weight excluding hydrogens is 362 g/mol. The van der Waals surface area contributed by atoms with Gasteiger partial charge in [0.15, 0.2) is 0 Å². The molecule has 1 aliphatic rings. The van der Waals surface area contributed by atoms with Gasteiger partial charge < -0.3 is 10.6 Å². The van der Waals surface area contributed by atoms with Crippen LogP contribution in [0.25, 0.3) is 0 Å². The van der Waals surface area contributed by atoms with Crippen LogP contribution in [0.5, 0.6) is 0 Å². The first-order valence-electron chi connectivity index (χ1n) is 9.07. The summed E-state index contributed by atoms with van der Waals surface area (Å²) < 4.78 is 26.8. The van der Waals surface area contributed by atoms with E-state index in [1.807, 2.05) is 11.0 Å². The third kappa shape index (κ3) is 4.14. The van der Waals surface area contributed by atoms with E-state index in [0.29, 0.717) is 36.8 Å². The molecule has 1 aliphatic heterocycles. The summed E-state index contributed by atoms with van der Waals surface area (Å²) in [5.41, 5.74) is 6.78. The van der Waals surface area contributed by atoms with Crippen molar-refractivity contribution in [3.05, 3.63) is 60.2 Å². The molecule has 0 unspecified atom stereocenters. The Kier molecular flexibility index (Phi) is 5.82. The van der Waals surface area contributed by atoms with Gasteiger partial charge in [0.05, 0.1) is 10.6 Å². The zero-order valence-corrected chi connectivity index (χ0v) is 16.2. The van der Waals surface area contributed by atoms with E-state index in [0.717, 1.165) is 12.8 Å². The first kappa shape index (κ1) is 19.4. The number of nitrogens with zero attached hydrogens (tertiary/aromatic N) is 2. The van der Waals surface area contributed by atoms with Gasteiger partial charge in [0.25, 0.3) is 15.9 Å². The Morgan fingerprint density at radius 2 is 1.67 bits per heavy atom. The lowest BCUT2D eigenvalue weighted by Gasteiger charge is -2.31. The lowest BCUT2D eigenvalue weighted by atomic mass is 9.96. The van der Waals surface area contributed by atoms with E-state index in [9.17, 15) is 13.2 Å². The van der Waals surface area contributed by atoms with Crippen molar-refractivity contribution in [2.75, 3.05) is 31.0 Å². The Hall–Kier alpha value is -2.38. The predicted octanol–water partition coefficient (Wildman–Crippen LogP) is 2.32. The first-order valence-corrected chi connectivity index (χ1v) is 10.5. The number of anilines is 1. The minimum Gasteiger partial charge on any atom is -0.339 e. The van der Waals surface area contributed by atoms with Crippen molar-refractivity contribution in [1.29, 1.82) is 0 Å². The van der Waals surface area contributed by atoms with Gasteiger partial charge >= 0.3 is 0 Å². The Morgan fingerprint density at radius 3 is 2.22 bits per heavy atom. The lowest BCUT2D eigenvalue weighted by Crippen LogP contribution is -2.40. The standard InChI is InChI=1S/C20H25N3O3S/c1-22(18-5-3-2-4-6-18)27(25,26)19-9-7-17(8-10-19)20(24)23-13-11-16(15-21)12-14-23/h2-10,16H,11-15,21H2,1H3. The van der Waals surface area contributed by atoms with E-state index in [2.05, 4.69) is 0 Å². The van der Waals surface area contributed by atoms with Crippen molar-refractivity contribution < 1.29 is 13.2 Å². The Labute approximate surface area is 160 Å². The van der Waals surface area contributed by atoms with Crippen molar-refractivity contribution in [1.82, 2.24) is 4.90 Å². The van der Waals surface area contributed by atoms with Gasteiger partial charge in [-0.1, -0.05) is 18.2 Å². The molecule has 0 radical (unpaired) electrons. The number of piperidine rings is 1. The smallest absolute Gasteiger partial charge is 0.264 e. The number of carbonyl (C=O) groups excluding carboxylic acids is 1. The van der Waals surface area contributed by atoms with Crippen LogP contribution in [0.15, 0.2) is 59.5 Å². The third-order valence-corrected chi connectivity index (χ3v) is 6.91. The number of carbonyl (C=O) groups is 1. The fourth-order valence-electron chi connectivity index (χ4n) is 3.26. The summed E-state index contributed by atoms with van der Waals surface area (Å²) in [6, 6.07) is 15.0. The van der Waals surface area contributed by atoms with Crippen molar-refractivity contribution in [3.8, 4) is 0 Å². The molecule has 0 saturated carbocycles. The van der Waals surface area contributed by atoms with E-state index >= 15 is 0 Å². The van der Waals surface area contributed by atoms with Gasteiger partial charge in [-0.25, -0.2) is 8.42 Å². The van der Waals surface area contributed by atoms with Crippen molar-refractivity contribution in [2.45, 2.75) is 17.7 Å². The van der Waals surface area contributed by atoms with Crippen molar-refractivity contribution in [2.24, 2.45) is 11.7 Å². The molecule has 1 fully saturated rings. The molecule has 0 aliphatic carbocycles. The van der Waals surface area contributed by atoms with E-state index < -0.39 is 10.0 Å². The molecule has 144 valence electrons. The Bertz CT molecular complexity index is 874. The van der Waals surface area contributed by atoms with E-state index in [-0.39, 0.29) is 10.8 Å². The van der Waals surface area contributed by atoms with E-state index in [4.69, 9.17) is 5.73 Å². The molecular formula is C20H25N3O3S. The molecule has 27 heavy (non-hydrogen) atoms. The quantitative estimate of drug-likeness (QED) is 0.853. The summed E-state index contributed by atoms with van der Waals surface area (Å²) in [6.07, 6.45) is 1.83. The average Bonchev–Trinajstić information content (AvgIpc) is 2.73. The maximum atomic E-state index is 12.8. The fourth-order valence-corrected chi connectivity index (χ4v) is 4.45. The van der Waals surface area contributed by atoms with Crippen LogP contribution in [0, 0.1) is 5.92 Å². The molecule has 6 nitrogen and oxygen atoms in total. The molecule has 0 aromatic heterocycles. The molecule has 0 atom stereocenters. The summed E-state index contributed by atoms with van der Waals surface area (Å²) in [7, 11) is -2.16. The molecule has 0 bridgehead atoms. The van der Waals surface area contributed by atoms with Crippen LogP contribution in [-0.4, -0.2) is 45.9 Å². The molecule has 2 aromatic rings. The summed E-state index contributed by atoms with van der Waals surface area (Å²) >= 11 is 0. The van der Waals surface area contributed by atoms with Crippen LogP contribution >= 0.6 is 0 Å². The largest absolute Gasteiger partial charge is 0.339 e. The van der Waals surface area contributed by atoms with Gasteiger partial charge in [0.1, 0.15) is 0 Å². The minimum absolute atomic E-state index is 0.0640. The molecule has 7 heteroatoms. The average molecular weight is 388 g/mol. The van der Waals surface area contributed by atoms with Gasteiger partial charge in [-0.2, -0.15) is 0 Å². The zero-order valence-electron chi connectivity index (χ0n) is 15.4. The number of sulfonamides is 1. The van der Waals surface area contributed by atoms with Gasteiger partial charge in [0.2, 0.25) is 0 Å². The maximum absolute atomic E-state index is 12.8. The fraction of sp³-hybridized carbons (Fsp3) is 0.350. The Balaban J connectivity index is 1.74. The second-order valence-electron chi connectivity index (χ2n) is 6.80. The highest BCUT2D eigenvalue weighted by Gasteiger charge is 2.24. The van der Waals surface area contributed by atoms with Crippen LogP contribution in [0.1, 0.15) is 23.2 Å². The predicted molar refractivity (Wildman–Crippen MR) is 106 cm³/mol. The van der Waals surface area contributed by atoms with E-state index in [1.54, 1.807) is 36.4 Å². The summed E-state index contributed by atoms with van der Waals surface area (Å²) in [6.45, 7) is 2.04. The second-order valence-corrected chi connectivity index (χ2v) is 8.77. The van der Waals surface area contributed by atoms with Gasteiger partial charge in [-0.15, -0.1) is 0 Å². The third-order valence-electron chi connectivity index (χ3n) is 5.11. The molecule has 1 heterocycles. The summed E-state index contributed by atoms with van der Waals surface area (Å²) in [5, 5.41) is 0. The molecule has 2 aromatic carbocycles. The molecule has 1 saturated heterocycles. The molecule has 1 amide bonds. The van der Waals surface area contributed by atoms with Crippen LogP contribution in [0.3, 0.4) is 0 Å². The Morgan fingerprint density at radius 1 is 1.07 bits per heavy atom. The van der Waals surface area contributed by atoms with Gasteiger partial charge in [-0.05, 0) is 61.7 Å². The summed E-state index contributed by atoms with van der Waals surface area (Å²) in [4.78, 5) is 14.6. The molecule has 0 spiro atoms. The number of amides is 1. The monoisotopic (exact) mass is 387 g/mol. The van der Waals surface area contributed by atoms with E-state index in [1.165, 1.54) is 23.5 Å². The van der Waals surface area contributed by atoms with Crippen molar-refractivity contribution >= 4 is 21.6 Å². The number of hydrogen-bond donors (Lipinski definition) is 1. The van der Waals surface area contributed by atoms with Gasteiger partial charge in [0, 0.05) is 25.7 Å². The lowest BCUT2D eigenvalue weighted by molar-refractivity contribution is 0.0693. The number of benzene rings is 2.